The summed E-state index contributed by atoms with van der Waals surface area (Å²) in [5, 5.41) is 0.732. The number of nitrogens with two attached hydrogens (primary N) is 1. The molecule has 0 aliphatic rings. The van der Waals surface area contributed by atoms with Gasteiger partial charge in [0.2, 0.25) is 0 Å². The van der Waals surface area contributed by atoms with E-state index in [1.54, 1.807) is 24.3 Å². The SMILES string of the molecule is C=C(N)c1ccc2nc(-c3cc(C(F)(F)F)ccc3F)ccc2c1. The third-order valence-electron chi connectivity index (χ3n) is 3.63. The van der Waals surface area contributed by atoms with Crippen molar-refractivity contribution >= 4 is 16.6 Å². The number of halogens is 4. The second kappa shape index (κ2) is 5.63. The Labute approximate surface area is 135 Å². The molecule has 0 aliphatic heterocycles. The number of rotatable bonds is 2. The van der Waals surface area contributed by atoms with Crippen LogP contribution in [-0.2, 0) is 6.18 Å². The molecule has 0 aliphatic carbocycles. The van der Waals surface area contributed by atoms with E-state index in [4.69, 9.17) is 5.73 Å². The maximum absolute atomic E-state index is 14.0. The summed E-state index contributed by atoms with van der Waals surface area (Å²) in [6, 6.07) is 10.5. The first-order valence-corrected chi connectivity index (χ1v) is 6.98. The van der Waals surface area contributed by atoms with Crippen LogP contribution in [0.15, 0.2) is 55.1 Å². The molecule has 24 heavy (non-hydrogen) atoms. The summed E-state index contributed by atoms with van der Waals surface area (Å²) >= 11 is 0. The molecule has 0 saturated heterocycles. The lowest BCUT2D eigenvalue weighted by molar-refractivity contribution is -0.137. The van der Waals surface area contributed by atoms with Gasteiger partial charge in [-0.1, -0.05) is 18.7 Å². The topological polar surface area (TPSA) is 38.9 Å². The van der Waals surface area contributed by atoms with Gasteiger partial charge in [-0.05, 0) is 42.0 Å². The van der Waals surface area contributed by atoms with Gasteiger partial charge in [0.05, 0.1) is 16.8 Å². The minimum atomic E-state index is -4.55. The van der Waals surface area contributed by atoms with Crippen molar-refractivity contribution in [3.63, 3.8) is 0 Å². The van der Waals surface area contributed by atoms with E-state index < -0.39 is 17.6 Å². The van der Waals surface area contributed by atoms with Crippen molar-refractivity contribution in [2.45, 2.75) is 6.18 Å². The normalized spacial score (nSPS) is 11.7. The third-order valence-corrected chi connectivity index (χ3v) is 3.63. The van der Waals surface area contributed by atoms with Gasteiger partial charge >= 0.3 is 6.18 Å². The van der Waals surface area contributed by atoms with Crippen LogP contribution >= 0.6 is 0 Å². The van der Waals surface area contributed by atoms with Crippen LogP contribution in [0.3, 0.4) is 0 Å². The van der Waals surface area contributed by atoms with Crippen molar-refractivity contribution in [3.05, 3.63) is 72.1 Å². The lowest BCUT2D eigenvalue weighted by atomic mass is 10.0. The average molecular weight is 332 g/mol. The van der Waals surface area contributed by atoms with E-state index in [0.717, 1.165) is 23.1 Å². The van der Waals surface area contributed by atoms with Crippen LogP contribution in [0.1, 0.15) is 11.1 Å². The van der Waals surface area contributed by atoms with Gasteiger partial charge in [-0.15, -0.1) is 0 Å². The van der Waals surface area contributed by atoms with Crippen molar-refractivity contribution in [2.24, 2.45) is 5.73 Å². The Bertz CT molecular complexity index is 945. The summed E-state index contributed by atoms with van der Waals surface area (Å²) in [6.45, 7) is 3.64. The highest BCUT2D eigenvalue weighted by Crippen LogP contribution is 2.33. The number of nitrogens with zero attached hydrogens (tertiary/aromatic N) is 1. The summed E-state index contributed by atoms with van der Waals surface area (Å²) in [7, 11) is 0. The summed E-state index contributed by atoms with van der Waals surface area (Å²) in [5.74, 6) is -0.762. The molecule has 2 nitrogen and oxygen atoms in total. The van der Waals surface area contributed by atoms with Gasteiger partial charge in [-0.3, -0.25) is 0 Å². The van der Waals surface area contributed by atoms with Crippen LogP contribution in [0, 0.1) is 5.82 Å². The van der Waals surface area contributed by atoms with E-state index in [-0.39, 0.29) is 11.3 Å². The molecular formula is C18H12F4N2. The van der Waals surface area contributed by atoms with Crippen LogP contribution in [0.4, 0.5) is 17.6 Å². The highest BCUT2D eigenvalue weighted by Gasteiger charge is 2.31. The summed E-state index contributed by atoms with van der Waals surface area (Å²) < 4.78 is 52.5. The smallest absolute Gasteiger partial charge is 0.399 e. The van der Waals surface area contributed by atoms with Gasteiger partial charge in [0.25, 0.3) is 0 Å². The number of hydrogen-bond donors (Lipinski definition) is 1. The number of benzene rings is 2. The zero-order valence-corrected chi connectivity index (χ0v) is 12.4. The van der Waals surface area contributed by atoms with E-state index >= 15 is 0 Å². The number of alkyl halides is 3. The summed E-state index contributed by atoms with van der Waals surface area (Å²) in [5.41, 5.74) is 6.29. The number of hydrogen-bond acceptors (Lipinski definition) is 2. The molecule has 122 valence electrons. The van der Waals surface area contributed by atoms with Crippen molar-refractivity contribution < 1.29 is 17.6 Å². The van der Waals surface area contributed by atoms with Crippen LogP contribution in [0.2, 0.25) is 0 Å². The van der Waals surface area contributed by atoms with Crippen LogP contribution in [-0.4, -0.2) is 4.98 Å². The predicted octanol–water partition coefficient (Wildman–Crippen LogP) is 4.99. The van der Waals surface area contributed by atoms with Crippen LogP contribution in [0.5, 0.6) is 0 Å². The second-order valence-corrected chi connectivity index (χ2v) is 5.32. The second-order valence-electron chi connectivity index (χ2n) is 5.32. The molecule has 2 aromatic carbocycles. The molecule has 0 atom stereocenters. The maximum atomic E-state index is 14.0. The lowest BCUT2D eigenvalue weighted by Crippen LogP contribution is -2.05. The molecule has 6 heteroatoms. The van der Waals surface area contributed by atoms with Gasteiger partial charge in [0.15, 0.2) is 0 Å². The molecule has 3 aromatic rings. The zero-order chi connectivity index (χ0) is 17.5. The van der Waals surface area contributed by atoms with E-state index in [1.165, 1.54) is 6.07 Å². The Balaban J connectivity index is 2.13. The third kappa shape index (κ3) is 2.95. The first kappa shape index (κ1) is 16.0. The van der Waals surface area contributed by atoms with E-state index in [2.05, 4.69) is 11.6 Å². The van der Waals surface area contributed by atoms with Gasteiger partial charge in [0.1, 0.15) is 5.82 Å². The molecular weight excluding hydrogens is 320 g/mol. The van der Waals surface area contributed by atoms with E-state index in [1.807, 2.05) is 0 Å². The molecule has 1 heterocycles. The lowest BCUT2D eigenvalue weighted by Gasteiger charge is -2.10. The first-order valence-electron chi connectivity index (χ1n) is 6.98. The number of fused-ring (bicyclic) bond motifs is 1. The van der Waals surface area contributed by atoms with Crippen molar-refractivity contribution in [1.82, 2.24) is 4.98 Å². The number of pyridine rings is 1. The summed E-state index contributed by atoms with van der Waals surface area (Å²) in [6.07, 6.45) is -4.55. The van der Waals surface area contributed by atoms with Crippen LogP contribution in [0.25, 0.3) is 27.9 Å². The van der Waals surface area contributed by atoms with Gasteiger partial charge in [-0.2, -0.15) is 13.2 Å². The summed E-state index contributed by atoms with van der Waals surface area (Å²) in [4.78, 5) is 4.25. The molecule has 0 fully saturated rings. The Morgan fingerprint density at radius 3 is 2.42 bits per heavy atom. The molecule has 3 rings (SSSR count). The molecule has 0 amide bonds. The van der Waals surface area contributed by atoms with E-state index in [0.29, 0.717) is 17.3 Å². The fourth-order valence-electron chi connectivity index (χ4n) is 2.37. The van der Waals surface area contributed by atoms with Crippen molar-refractivity contribution in [2.75, 3.05) is 0 Å². The molecule has 0 radical (unpaired) electrons. The van der Waals surface area contributed by atoms with Gasteiger partial charge in [0, 0.05) is 16.6 Å². The largest absolute Gasteiger partial charge is 0.416 e. The molecule has 0 spiro atoms. The molecule has 2 N–H and O–H groups in total. The Kier molecular flexibility index (Phi) is 3.75. The van der Waals surface area contributed by atoms with Gasteiger partial charge < -0.3 is 5.73 Å². The average Bonchev–Trinajstić information content (AvgIpc) is 2.53. The first-order chi connectivity index (χ1) is 11.3. The molecule has 0 saturated carbocycles. The van der Waals surface area contributed by atoms with Crippen molar-refractivity contribution in [3.8, 4) is 11.3 Å². The Hall–Kier alpha value is -2.89. The maximum Gasteiger partial charge on any atom is 0.416 e. The van der Waals surface area contributed by atoms with E-state index in [9.17, 15) is 17.6 Å². The zero-order valence-electron chi connectivity index (χ0n) is 12.4. The van der Waals surface area contributed by atoms with Crippen molar-refractivity contribution in [1.29, 1.82) is 0 Å². The standard InChI is InChI=1S/C18H12F4N2/c1-10(23)11-2-6-16-12(8-11)3-7-17(24-16)14-9-13(18(20,21)22)4-5-15(14)19/h2-9H,1,23H2. The quantitative estimate of drug-likeness (QED) is 0.672. The fraction of sp³-hybridized carbons (Fsp3) is 0.0556. The Morgan fingerprint density at radius 1 is 1.00 bits per heavy atom. The monoisotopic (exact) mass is 332 g/mol. The van der Waals surface area contributed by atoms with Gasteiger partial charge in [-0.25, -0.2) is 9.37 Å². The number of aromatic nitrogens is 1. The predicted molar refractivity (Wildman–Crippen MR) is 85.4 cm³/mol. The highest BCUT2D eigenvalue weighted by atomic mass is 19.4. The molecule has 0 unspecified atom stereocenters. The molecule has 0 bridgehead atoms. The highest BCUT2D eigenvalue weighted by molar-refractivity contribution is 5.85. The fourth-order valence-corrected chi connectivity index (χ4v) is 2.37. The minimum Gasteiger partial charge on any atom is -0.399 e. The minimum absolute atomic E-state index is 0.130. The Morgan fingerprint density at radius 2 is 1.75 bits per heavy atom. The van der Waals surface area contributed by atoms with Crippen LogP contribution < -0.4 is 5.73 Å². The molecule has 1 aromatic heterocycles.